The van der Waals surface area contributed by atoms with Crippen molar-refractivity contribution < 1.29 is 38.1 Å². The maximum Gasteiger partial charge on any atom is 0.331 e. The molecule has 2 atom stereocenters. The lowest BCUT2D eigenvalue weighted by Gasteiger charge is -2.35. The number of hydrogen-bond donors (Lipinski definition) is 2. The summed E-state index contributed by atoms with van der Waals surface area (Å²) < 4.78 is 20.3. The molecule has 13 heteroatoms. The summed E-state index contributed by atoms with van der Waals surface area (Å²) in [6.07, 6.45) is 1.26. The molecular weight excluding hydrogens is 588 g/mol. The summed E-state index contributed by atoms with van der Waals surface area (Å²) >= 11 is 1.59. The predicted molar refractivity (Wildman–Crippen MR) is 165 cm³/mol. The third-order valence-electron chi connectivity index (χ3n) is 7.11. The quantitative estimate of drug-likeness (QED) is 0.211. The zero-order valence-electron chi connectivity index (χ0n) is 26.2. The molecule has 0 spiro atoms. The van der Waals surface area contributed by atoms with Crippen molar-refractivity contribution in [1.82, 2.24) is 20.5 Å². The van der Waals surface area contributed by atoms with Gasteiger partial charge in [-0.25, -0.2) is 9.78 Å². The Labute approximate surface area is 262 Å². The first-order valence-corrected chi connectivity index (χ1v) is 15.6. The number of rotatable bonds is 16. The number of aryl methyl sites for hydroxylation is 1. The Hall–Kier alpha value is -3.39. The summed E-state index contributed by atoms with van der Waals surface area (Å²) in [5.41, 5.74) is 4.26. The lowest BCUT2D eigenvalue weighted by molar-refractivity contribution is -0.146. The van der Waals surface area contributed by atoms with Gasteiger partial charge in [0.15, 0.2) is 0 Å². The Morgan fingerprint density at radius 3 is 2.30 bits per heavy atom. The number of amides is 3. The lowest BCUT2D eigenvalue weighted by Crippen LogP contribution is -2.58. The van der Waals surface area contributed by atoms with Gasteiger partial charge in [0.05, 0.1) is 49.6 Å². The van der Waals surface area contributed by atoms with Crippen LogP contribution in [0.15, 0.2) is 29.8 Å². The second-order valence-electron chi connectivity index (χ2n) is 11.5. The number of aromatic nitrogens is 1. The normalized spacial score (nSPS) is 15.6. The molecule has 2 N–H and O–H groups in total. The fourth-order valence-corrected chi connectivity index (χ4v) is 5.51. The third-order valence-corrected chi connectivity index (χ3v) is 8.09. The highest BCUT2D eigenvalue weighted by atomic mass is 32.1. The highest BCUT2D eigenvalue weighted by Crippen LogP contribution is 2.28. The van der Waals surface area contributed by atoms with Gasteiger partial charge in [-0.3, -0.25) is 14.4 Å². The number of esters is 1. The Kier molecular flexibility index (Phi) is 13.7. The number of carbonyl (C=O) groups excluding carboxylic acids is 4. The third kappa shape index (κ3) is 10.7. The van der Waals surface area contributed by atoms with E-state index in [-0.39, 0.29) is 51.5 Å². The molecule has 1 saturated heterocycles. The summed E-state index contributed by atoms with van der Waals surface area (Å²) in [6.45, 7) is 8.88. The second kappa shape index (κ2) is 17.2. The van der Waals surface area contributed by atoms with Gasteiger partial charge in [0.25, 0.3) is 0 Å². The summed E-state index contributed by atoms with van der Waals surface area (Å²) in [6, 6.07) is 6.56. The van der Waals surface area contributed by atoms with Crippen LogP contribution in [0.1, 0.15) is 44.9 Å². The highest BCUT2D eigenvalue weighted by molar-refractivity contribution is 7.13. The summed E-state index contributed by atoms with van der Waals surface area (Å²) in [5.74, 6) is -1.40. The minimum absolute atomic E-state index is 0.143. The van der Waals surface area contributed by atoms with Crippen molar-refractivity contribution in [3.8, 4) is 10.4 Å². The molecule has 2 heterocycles. The largest absolute Gasteiger partial charge is 0.467 e. The molecular formula is C31H44N4O8S. The fourth-order valence-electron chi connectivity index (χ4n) is 4.70. The molecule has 2 unspecified atom stereocenters. The van der Waals surface area contributed by atoms with E-state index in [9.17, 15) is 19.2 Å². The smallest absolute Gasteiger partial charge is 0.331 e. The molecule has 1 aliphatic heterocycles. The van der Waals surface area contributed by atoms with Crippen molar-refractivity contribution in [2.75, 3.05) is 53.3 Å². The molecule has 2 aromatic rings. The van der Waals surface area contributed by atoms with Crippen molar-refractivity contribution in [3.05, 3.63) is 41.0 Å². The topological polar surface area (TPSA) is 145 Å². The average molecular weight is 633 g/mol. The molecule has 12 nitrogen and oxygen atoms in total. The van der Waals surface area contributed by atoms with Gasteiger partial charge >= 0.3 is 5.97 Å². The van der Waals surface area contributed by atoms with E-state index in [1.54, 1.807) is 16.2 Å². The van der Waals surface area contributed by atoms with Crippen molar-refractivity contribution >= 4 is 35.0 Å². The van der Waals surface area contributed by atoms with Crippen LogP contribution >= 0.6 is 11.3 Å². The molecule has 3 amide bonds. The van der Waals surface area contributed by atoms with Crippen LogP contribution in [0.3, 0.4) is 0 Å². The Balaban J connectivity index is 1.45. The molecule has 1 aliphatic rings. The number of likely N-dealkylation sites (tertiary alicyclic amines) is 1. The SMILES string of the molecule is COC(=O)COCCOCCOCC(=O)NC(C(=O)N1CCCC1C(=O)NCc1ccc(-c2scnc2C)cc1)C(C)(C)C. The van der Waals surface area contributed by atoms with E-state index in [2.05, 4.69) is 20.4 Å². The summed E-state index contributed by atoms with van der Waals surface area (Å²) in [4.78, 5) is 57.6. The molecule has 0 bridgehead atoms. The first-order valence-electron chi connectivity index (χ1n) is 14.7. The zero-order chi connectivity index (χ0) is 32.1. The van der Waals surface area contributed by atoms with Crippen LogP contribution in [0, 0.1) is 12.3 Å². The molecule has 3 rings (SSSR count). The van der Waals surface area contributed by atoms with Crippen LogP contribution in [-0.4, -0.2) is 99.0 Å². The summed E-state index contributed by atoms with van der Waals surface area (Å²) in [7, 11) is 1.28. The van der Waals surface area contributed by atoms with E-state index in [0.717, 1.165) is 21.7 Å². The number of carbonyl (C=O) groups is 4. The standard InChI is InChI=1S/C31H44N4O8S/c1-21-27(44-20-33-21)23-10-8-22(9-11-23)17-32-29(38)24-7-6-12-35(24)30(39)28(31(2,3)4)34-25(36)18-42-15-13-41-14-16-43-19-26(37)40-5/h8-11,20,24,28H,6-7,12-19H2,1-5H3,(H,32,38)(H,34,36). The molecule has 0 saturated carbocycles. The maximum atomic E-state index is 13.7. The molecule has 0 radical (unpaired) electrons. The van der Waals surface area contributed by atoms with E-state index < -0.39 is 29.4 Å². The first kappa shape index (κ1) is 35.1. The van der Waals surface area contributed by atoms with Gasteiger partial charge in [-0.2, -0.15) is 0 Å². The highest BCUT2D eigenvalue weighted by Gasteiger charge is 2.41. The van der Waals surface area contributed by atoms with Gasteiger partial charge < -0.3 is 34.5 Å². The van der Waals surface area contributed by atoms with Crippen LogP contribution in [0.25, 0.3) is 10.4 Å². The van der Waals surface area contributed by atoms with E-state index in [0.29, 0.717) is 25.9 Å². The van der Waals surface area contributed by atoms with Gasteiger partial charge in [-0.05, 0) is 36.3 Å². The van der Waals surface area contributed by atoms with E-state index in [4.69, 9.17) is 14.2 Å². The molecule has 1 fully saturated rings. The van der Waals surface area contributed by atoms with Crippen LogP contribution in [0.2, 0.25) is 0 Å². The van der Waals surface area contributed by atoms with Crippen molar-refractivity contribution in [2.24, 2.45) is 5.41 Å². The zero-order valence-corrected chi connectivity index (χ0v) is 27.0. The molecule has 1 aromatic heterocycles. The number of methoxy groups -OCH3 is 1. The van der Waals surface area contributed by atoms with Gasteiger partial charge in [0.2, 0.25) is 17.7 Å². The molecule has 44 heavy (non-hydrogen) atoms. The van der Waals surface area contributed by atoms with Crippen LogP contribution < -0.4 is 10.6 Å². The van der Waals surface area contributed by atoms with Crippen LogP contribution in [0.4, 0.5) is 0 Å². The Morgan fingerprint density at radius 1 is 1.02 bits per heavy atom. The maximum absolute atomic E-state index is 13.7. The molecule has 0 aliphatic carbocycles. The van der Waals surface area contributed by atoms with E-state index >= 15 is 0 Å². The fraction of sp³-hybridized carbons (Fsp3) is 0.581. The minimum Gasteiger partial charge on any atom is -0.467 e. The number of hydrogen-bond acceptors (Lipinski definition) is 10. The summed E-state index contributed by atoms with van der Waals surface area (Å²) in [5, 5.41) is 5.79. The number of thiazole rings is 1. The Morgan fingerprint density at radius 2 is 1.68 bits per heavy atom. The number of benzene rings is 1. The average Bonchev–Trinajstić information content (AvgIpc) is 3.66. The second-order valence-corrected chi connectivity index (χ2v) is 12.4. The number of nitrogens with zero attached hydrogens (tertiary/aromatic N) is 2. The Bertz CT molecular complexity index is 1240. The van der Waals surface area contributed by atoms with E-state index in [1.165, 1.54) is 7.11 Å². The first-order chi connectivity index (χ1) is 21.0. The van der Waals surface area contributed by atoms with Gasteiger partial charge in [0.1, 0.15) is 25.3 Å². The molecule has 242 valence electrons. The van der Waals surface area contributed by atoms with Crippen molar-refractivity contribution in [3.63, 3.8) is 0 Å². The van der Waals surface area contributed by atoms with E-state index in [1.807, 2.05) is 57.5 Å². The van der Waals surface area contributed by atoms with Crippen LogP contribution in [0.5, 0.6) is 0 Å². The lowest BCUT2D eigenvalue weighted by atomic mass is 9.85. The van der Waals surface area contributed by atoms with Gasteiger partial charge in [0, 0.05) is 13.1 Å². The molecule has 1 aromatic carbocycles. The van der Waals surface area contributed by atoms with Gasteiger partial charge in [-0.15, -0.1) is 11.3 Å². The van der Waals surface area contributed by atoms with Crippen LogP contribution in [-0.2, 0) is 44.7 Å². The van der Waals surface area contributed by atoms with Crippen molar-refractivity contribution in [2.45, 2.75) is 59.2 Å². The number of ether oxygens (including phenoxy) is 4. The predicted octanol–water partition coefficient (Wildman–Crippen LogP) is 2.48. The monoisotopic (exact) mass is 632 g/mol. The minimum atomic E-state index is -0.835. The number of nitrogens with one attached hydrogen (secondary N) is 2. The van der Waals surface area contributed by atoms with Crippen molar-refractivity contribution in [1.29, 1.82) is 0 Å². The van der Waals surface area contributed by atoms with Gasteiger partial charge in [-0.1, -0.05) is 45.0 Å².